The van der Waals surface area contributed by atoms with Gasteiger partial charge in [0.1, 0.15) is 0 Å². The van der Waals surface area contributed by atoms with Gasteiger partial charge in [0.05, 0.1) is 12.2 Å². The molecule has 0 aliphatic rings. The summed E-state index contributed by atoms with van der Waals surface area (Å²) in [5.41, 5.74) is 2.94. The van der Waals surface area contributed by atoms with Crippen LogP contribution in [0.25, 0.3) is 0 Å². The molecule has 29 heavy (non-hydrogen) atoms. The van der Waals surface area contributed by atoms with E-state index in [4.69, 9.17) is 18.6 Å². The fourth-order valence-corrected chi connectivity index (χ4v) is 3.10. The molecular formula is C23H25Cl2NO2Ti. The average molecular weight is 466 g/mol. The van der Waals surface area contributed by atoms with Crippen LogP contribution in [0.2, 0.25) is 0 Å². The number of nitrogens with zero attached hydrogens (tertiary/aromatic N) is 1. The van der Waals surface area contributed by atoms with Gasteiger partial charge in [-0.05, 0) is 16.7 Å². The van der Waals surface area contributed by atoms with Crippen molar-refractivity contribution in [2.75, 3.05) is 13.1 Å². The molecule has 0 heterocycles. The fraction of sp³-hybridized carbons (Fsp3) is 0.217. The summed E-state index contributed by atoms with van der Waals surface area (Å²) in [5, 5.41) is 21.3. The SMILES string of the molecule is O[C@H](CN(Cc1ccccc1)C[C@@H](O)c1ccccc1)c1ccccc1.[Cl][Ti][Cl]. The van der Waals surface area contributed by atoms with Crippen molar-refractivity contribution in [2.45, 2.75) is 18.8 Å². The van der Waals surface area contributed by atoms with Crippen molar-refractivity contribution >= 4 is 18.6 Å². The van der Waals surface area contributed by atoms with Gasteiger partial charge in [-0.2, -0.15) is 0 Å². The molecule has 0 amide bonds. The molecule has 0 unspecified atom stereocenters. The zero-order valence-corrected chi connectivity index (χ0v) is 19.1. The molecular weight excluding hydrogens is 441 g/mol. The van der Waals surface area contributed by atoms with Gasteiger partial charge < -0.3 is 10.2 Å². The van der Waals surface area contributed by atoms with Gasteiger partial charge in [0.2, 0.25) is 0 Å². The Labute approximate surface area is 189 Å². The molecule has 0 aliphatic heterocycles. The maximum atomic E-state index is 10.6. The van der Waals surface area contributed by atoms with Crippen LogP contribution in [0.4, 0.5) is 0 Å². The predicted octanol–water partition coefficient (Wildman–Crippen LogP) is 5.33. The number of aliphatic hydroxyl groups is 2. The number of hydrogen-bond donors (Lipinski definition) is 2. The molecule has 3 rings (SSSR count). The van der Waals surface area contributed by atoms with E-state index in [2.05, 4.69) is 17.0 Å². The van der Waals surface area contributed by atoms with Gasteiger partial charge >= 0.3 is 35.6 Å². The first-order valence-electron chi connectivity index (χ1n) is 9.32. The van der Waals surface area contributed by atoms with Crippen LogP contribution in [0, 0.1) is 0 Å². The topological polar surface area (TPSA) is 43.7 Å². The number of halogens is 2. The van der Waals surface area contributed by atoms with Gasteiger partial charge in [0, 0.05) is 19.6 Å². The summed E-state index contributed by atoms with van der Waals surface area (Å²) >= 11 is -0.556. The minimum absolute atomic E-state index is 0.461. The van der Waals surface area contributed by atoms with Crippen molar-refractivity contribution in [3.63, 3.8) is 0 Å². The second-order valence-corrected chi connectivity index (χ2v) is 9.18. The Morgan fingerprint density at radius 2 is 1.00 bits per heavy atom. The first-order chi connectivity index (χ1) is 14.1. The van der Waals surface area contributed by atoms with Crippen LogP contribution in [0.3, 0.4) is 0 Å². The Morgan fingerprint density at radius 1 is 0.655 bits per heavy atom. The molecule has 0 aromatic heterocycles. The van der Waals surface area contributed by atoms with Gasteiger partial charge in [0.15, 0.2) is 0 Å². The second-order valence-electron chi connectivity index (χ2n) is 6.60. The second kappa shape index (κ2) is 13.9. The van der Waals surface area contributed by atoms with E-state index in [-0.39, 0.29) is 0 Å². The van der Waals surface area contributed by atoms with Crippen molar-refractivity contribution in [2.24, 2.45) is 0 Å². The van der Waals surface area contributed by atoms with E-state index in [1.54, 1.807) is 0 Å². The normalized spacial score (nSPS) is 12.6. The summed E-state index contributed by atoms with van der Waals surface area (Å²) in [5.74, 6) is 0. The van der Waals surface area contributed by atoms with Crippen LogP contribution in [0.5, 0.6) is 0 Å². The number of benzene rings is 3. The Hall–Kier alpha value is -1.17. The molecule has 0 fully saturated rings. The zero-order valence-electron chi connectivity index (χ0n) is 16.0. The summed E-state index contributed by atoms with van der Waals surface area (Å²) in [6.07, 6.45) is -1.19. The van der Waals surface area contributed by atoms with Crippen molar-refractivity contribution < 1.29 is 27.2 Å². The van der Waals surface area contributed by atoms with E-state index < -0.39 is 29.2 Å². The van der Waals surface area contributed by atoms with Gasteiger partial charge in [-0.25, -0.2) is 0 Å². The van der Waals surface area contributed by atoms with Gasteiger partial charge in [0.25, 0.3) is 0 Å². The number of rotatable bonds is 8. The summed E-state index contributed by atoms with van der Waals surface area (Å²) in [6.45, 7) is 1.60. The van der Waals surface area contributed by atoms with Crippen LogP contribution in [0.1, 0.15) is 28.9 Å². The third-order valence-corrected chi connectivity index (χ3v) is 4.48. The zero-order chi connectivity index (χ0) is 20.9. The van der Waals surface area contributed by atoms with E-state index in [9.17, 15) is 10.2 Å². The molecule has 3 aromatic rings. The standard InChI is InChI=1S/C23H25NO2.2ClH.Ti/c25-22(20-12-6-2-7-13-20)17-24(16-19-10-4-1-5-11-19)18-23(26)21-14-8-3-9-15-21;;;/h1-15,22-23,25-26H,16-18H2;2*1H;/q;;;+2/p-2/t22-,23-;;;/m1.../s1. The van der Waals surface area contributed by atoms with E-state index in [1.807, 2.05) is 78.9 Å². The molecule has 0 bridgehead atoms. The molecule has 3 aromatic carbocycles. The molecule has 2 N–H and O–H groups in total. The van der Waals surface area contributed by atoms with Crippen LogP contribution in [-0.2, 0) is 23.6 Å². The molecule has 0 saturated carbocycles. The molecule has 6 heteroatoms. The summed E-state index contributed by atoms with van der Waals surface area (Å²) in [6, 6.07) is 29.5. The number of hydrogen-bond acceptors (Lipinski definition) is 3. The van der Waals surface area contributed by atoms with Crippen LogP contribution in [0.15, 0.2) is 91.0 Å². The quantitative estimate of drug-likeness (QED) is 0.441. The Balaban J connectivity index is 0.000000941. The molecule has 0 spiro atoms. The third kappa shape index (κ3) is 9.02. The van der Waals surface area contributed by atoms with Crippen molar-refractivity contribution in [3.8, 4) is 0 Å². The van der Waals surface area contributed by atoms with E-state index in [0.717, 1.165) is 16.7 Å². The van der Waals surface area contributed by atoms with Crippen LogP contribution in [-0.4, -0.2) is 28.2 Å². The first kappa shape index (κ1) is 24.1. The van der Waals surface area contributed by atoms with Gasteiger partial charge in [-0.15, -0.1) is 0 Å². The minimum atomic E-state index is -0.595. The summed E-state index contributed by atoms with van der Waals surface area (Å²) in [7, 11) is 9.78. The van der Waals surface area contributed by atoms with E-state index >= 15 is 0 Å². The van der Waals surface area contributed by atoms with Crippen molar-refractivity contribution in [1.29, 1.82) is 0 Å². The maximum absolute atomic E-state index is 10.6. The van der Waals surface area contributed by atoms with Crippen LogP contribution < -0.4 is 0 Å². The van der Waals surface area contributed by atoms with E-state index in [0.29, 0.717) is 19.6 Å². The first-order valence-corrected chi connectivity index (χ1v) is 13.6. The third-order valence-electron chi connectivity index (χ3n) is 4.48. The summed E-state index contributed by atoms with van der Waals surface area (Å²) in [4.78, 5) is 2.10. The number of aliphatic hydroxyl groups excluding tert-OH is 2. The Kier molecular flexibility index (Phi) is 11.6. The van der Waals surface area contributed by atoms with Crippen molar-refractivity contribution in [1.82, 2.24) is 4.90 Å². The molecule has 0 aliphatic carbocycles. The molecule has 3 nitrogen and oxygen atoms in total. The predicted molar refractivity (Wildman–Crippen MR) is 116 cm³/mol. The Bertz CT molecular complexity index is 746. The van der Waals surface area contributed by atoms with Gasteiger partial charge in [-0.3, -0.25) is 4.90 Å². The molecule has 152 valence electrons. The molecule has 2 atom stereocenters. The Morgan fingerprint density at radius 3 is 1.38 bits per heavy atom. The van der Waals surface area contributed by atoms with Crippen molar-refractivity contribution in [3.05, 3.63) is 108 Å². The van der Waals surface area contributed by atoms with Crippen LogP contribution >= 0.6 is 18.6 Å². The fourth-order valence-electron chi connectivity index (χ4n) is 3.10. The molecule has 0 radical (unpaired) electrons. The average Bonchev–Trinajstić information content (AvgIpc) is 2.76. The van der Waals surface area contributed by atoms with E-state index in [1.165, 1.54) is 0 Å². The monoisotopic (exact) mass is 465 g/mol. The molecule has 0 saturated heterocycles. The summed E-state index contributed by atoms with van der Waals surface area (Å²) < 4.78 is 0. The van der Waals surface area contributed by atoms with Gasteiger partial charge in [-0.1, -0.05) is 91.0 Å².